The lowest BCUT2D eigenvalue weighted by molar-refractivity contribution is 0.636. The summed E-state index contributed by atoms with van der Waals surface area (Å²) in [7, 11) is 0. The van der Waals surface area contributed by atoms with Gasteiger partial charge in [-0.1, -0.05) is 15.9 Å². The highest BCUT2D eigenvalue weighted by Gasteiger charge is 2.07. The molecule has 0 bridgehead atoms. The van der Waals surface area contributed by atoms with E-state index in [9.17, 15) is 4.39 Å². The Morgan fingerprint density at radius 1 is 1.33 bits per heavy atom. The van der Waals surface area contributed by atoms with Crippen molar-refractivity contribution in [2.75, 3.05) is 0 Å². The second kappa shape index (κ2) is 3.05. The van der Waals surface area contributed by atoms with Crippen molar-refractivity contribution in [2.24, 2.45) is 0 Å². The van der Waals surface area contributed by atoms with Gasteiger partial charge in [-0.05, 0) is 28.1 Å². The van der Waals surface area contributed by atoms with E-state index in [0.29, 0.717) is 9.43 Å². The molecule has 0 amide bonds. The molecular weight excluding hydrogens is 309 g/mol. The van der Waals surface area contributed by atoms with Gasteiger partial charge in [-0.25, -0.2) is 9.37 Å². The first kappa shape index (κ1) is 8.59. The number of halogens is 3. The molecule has 12 heavy (non-hydrogen) atoms. The highest BCUT2D eigenvalue weighted by Crippen LogP contribution is 2.30. The van der Waals surface area contributed by atoms with E-state index < -0.39 is 0 Å². The van der Waals surface area contributed by atoms with Crippen LogP contribution in [0.3, 0.4) is 0 Å². The molecule has 0 unspecified atom stereocenters. The third-order valence-electron chi connectivity index (χ3n) is 1.39. The molecule has 0 saturated carbocycles. The number of hydrogen-bond donors (Lipinski definition) is 0. The van der Waals surface area contributed by atoms with Crippen molar-refractivity contribution < 1.29 is 4.39 Å². The zero-order valence-corrected chi connectivity index (χ0v) is 9.63. The number of thiazole rings is 1. The molecule has 0 aliphatic rings. The van der Waals surface area contributed by atoms with Crippen LogP contribution >= 0.6 is 43.2 Å². The first-order valence-corrected chi connectivity index (χ1v) is 5.48. The van der Waals surface area contributed by atoms with Crippen LogP contribution in [0.25, 0.3) is 10.2 Å². The molecule has 1 aromatic carbocycles. The average Bonchev–Trinajstić information content (AvgIpc) is 2.29. The molecule has 0 N–H and O–H groups in total. The van der Waals surface area contributed by atoms with Crippen molar-refractivity contribution in [3.05, 3.63) is 26.3 Å². The molecule has 0 spiro atoms. The third-order valence-corrected chi connectivity index (χ3v) is 3.30. The van der Waals surface area contributed by atoms with E-state index >= 15 is 0 Å². The summed E-state index contributed by atoms with van der Waals surface area (Å²) in [6, 6.07) is 3.26. The molecule has 0 aliphatic heterocycles. The second-order valence-corrected chi connectivity index (χ2v) is 5.42. The van der Waals surface area contributed by atoms with E-state index in [-0.39, 0.29) is 5.82 Å². The van der Waals surface area contributed by atoms with Gasteiger partial charge in [0.1, 0.15) is 5.52 Å². The van der Waals surface area contributed by atoms with E-state index in [4.69, 9.17) is 0 Å². The van der Waals surface area contributed by atoms with Crippen LogP contribution in [-0.2, 0) is 0 Å². The normalized spacial score (nSPS) is 10.9. The van der Waals surface area contributed by atoms with Crippen LogP contribution in [0.5, 0.6) is 0 Å². The minimum absolute atomic E-state index is 0.290. The number of benzene rings is 1. The van der Waals surface area contributed by atoms with Crippen molar-refractivity contribution in [3.63, 3.8) is 0 Å². The Hall–Kier alpha value is -0.0000000000000000555. The van der Waals surface area contributed by atoms with Gasteiger partial charge in [0.15, 0.2) is 9.73 Å². The predicted molar refractivity (Wildman–Crippen MR) is 55.0 cm³/mol. The predicted octanol–water partition coefficient (Wildman–Crippen LogP) is 3.96. The van der Waals surface area contributed by atoms with Gasteiger partial charge in [-0.15, -0.1) is 11.3 Å². The summed E-state index contributed by atoms with van der Waals surface area (Å²) in [5, 5.41) is 0. The number of hydrogen-bond acceptors (Lipinski definition) is 2. The fourth-order valence-electron chi connectivity index (χ4n) is 0.930. The molecule has 5 heteroatoms. The molecule has 0 atom stereocenters. The summed E-state index contributed by atoms with van der Waals surface area (Å²) < 4.78 is 15.4. The van der Waals surface area contributed by atoms with E-state index in [0.717, 1.165) is 9.17 Å². The van der Waals surface area contributed by atoms with Crippen molar-refractivity contribution >= 4 is 53.4 Å². The van der Waals surface area contributed by atoms with Crippen LogP contribution in [0.1, 0.15) is 0 Å². The maximum Gasteiger partial charge on any atom is 0.160 e. The molecule has 2 aromatic rings. The van der Waals surface area contributed by atoms with Crippen LogP contribution in [0.15, 0.2) is 20.5 Å². The molecule has 2 rings (SSSR count). The van der Waals surface area contributed by atoms with Gasteiger partial charge in [-0.3, -0.25) is 0 Å². The molecule has 0 aliphatic carbocycles. The Bertz CT molecular complexity index is 440. The zero-order valence-electron chi connectivity index (χ0n) is 5.64. The summed E-state index contributed by atoms with van der Waals surface area (Å²) >= 11 is 7.84. The Labute approximate surface area is 88.9 Å². The first-order chi connectivity index (χ1) is 5.66. The Kier molecular flexibility index (Phi) is 2.18. The topological polar surface area (TPSA) is 12.9 Å². The number of rotatable bonds is 0. The molecule has 1 aromatic heterocycles. The van der Waals surface area contributed by atoms with Crippen LogP contribution < -0.4 is 0 Å². The average molecular weight is 311 g/mol. The highest BCUT2D eigenvalue weighted by molar-refractivity contribution is 9.11. The fourth-order valence-corrected chi connectivity index (χ4v) is 2.96. The Morgan fingerprint density at radius 2 is 2.08 bits per heavy atom. The Balaban J connectivity index is 2.88. The number of nitrogens with zero attached hydrogens (tertiary/aromatic N) is 1. The highest BCUT2D eigenvalue weighted by atomic mass is 79.9. The van der Waals surface area contributed by atoms with Gasteiger partial charge < -0.3 is 0 Å². The van der Waals surface area contributed by atoms with Crippen LogP contribution in [0, 0.1) is 5.82 Å². The van der Waals surface area contributed by atoms with Crippen LogP contribution in [0.4, 0.5) is 4.39 Å². The lowest BCUT2D eigenvalue weighted by Gasteiger charge is -1.91. The molecule has 1 nitrogen and oxygen atoms in total. The van der Waals surface area contributed by atoms with Gasteiger partial charge in [0.05, 0.1) is 4.70 Å². The van der Waals surface area contributed by atoms with Gasteiger partial charge in [-0.2, -0.15) is 0 Å². The summed E-state index contributed by atoms with van der Waals surface area (Å²) in [6.45, 7) is 0. The van der Waals surface area contributed by atoms with E-state index in [1.165, 1.54) is 17.4 Å². The lowest BCUT2D eigenvalue weighted by atomic mass is 10.3. The fraction of sp³-hybridized carbons (Fsp3) is 0. The maximum atomic E-state index is 13.2. The van der Waals surface area contributed by atoms with Crippen molar-refractivity contribution in [3.8, 4) is 0 Å². The first-order valence-electron chi connectivity index (χ1n) is 3.08. The lowest BCUT2D eigenvalue weighted by Crippen LogP contribution is -1.76. The van der Waals surface area contributed by atoms with Crippen LogP contribution in [0.2, 0.25) is 0 Å². The second-order valence-electron chi connectivity index (χ2n) is 2.20. The minimum atomic E-state index is -0.290. The molecule has 0 radical (unpaired) electrons. The molecular formula is C7H2Br2FNS. The third kappa shape index (κ3) is 1.41. The van der Waals surface area contributed by atoms with E-state index in [1.807, 2.05) is 6.07 Å². The van der Waals surface area contributed by atoms with Crippen molar-refractivity contribution in [2.45, 2.75) is 0 Å². The smallest absolute Gasteiger partial charge is 0.160 e. The minimum Gasteiger partial charge on any atom is -0.226 e. The molecule has 1 heterocycles. The van der Waals surface area contributed by atoms with Crippen molar-refractivity contribution in [1.29, 1.82) is 0 Å². The molecule has 0 fully saturated rings. The summed E-state index contributed by atoms with van der Waals surface area (Å²) in [5.41, 5.74) is 0.426. The maximum absolute atomic E-state index is 13.2. The SMILES string of the molecule is Fc1cc(Br)cc2sc(Br)nc12. The van der Waals surface area contributed by atoms with E-state index in [2.05, 4.69) is 36.8 Å². The monoisotopic (exact) mass is 309 g/mol. The van der Waals surface area contributed by atoms with Gasteiger partial charge in [0.2, 0.25) is 0 Å². The van der Waals surface area contributed by atoms with Gasteiger partial charge >= 0.3 is 0 Å². The van der Waals surface area contributed by atoms with Gasteiger partial charge in [0.25, 0.3) is 0 Å². The Morgan fingerprint density at radius 3 is 2.83 bits per heavy atom. The summed E-state index contributed by atoms with van der Waals surface area (Å²) in [4.78, 5) is 3.99. The largest absolute Gasteiger partial charge is 0.226 e. The van der Waals surface area contributed by atoms with E-state index in [1.54, 1.807) is 0 Å². The number of aromatic nitrogens is 1. The standard InChI is InChI=1S/C7H2Br2FNS/c8-3-1-4(10)6-5(2-3)12-7(9)11-6/h1-2H. The van der Waals surface area contributed by atoms with Gasteiger partial charge in [0, 0.05) is 4.47 Å². The summed E-state index contributed by atoms with van der Waals surface area (Å²) in [6.07, 6.45) is 0. The van der Waals surface area contributed by atoms with Crippen molar-refractivity contribution in [1.82, 2.24) is 4.98 Å². The summed E-state index contributed by atoms with van der Waals surface area (Å²) in [5.74, 6) is -0.290. The number of fused-ring (bicyclic) bond motifs is 1. The van der Waals surface area contributed by atoms with Crippen LogP contribution in [-0.4, -0.2) is 4.98 Å². The molecule has 0 saturated heterocycles. The molecule has 62 valence electrons. The zero-order chi connectivity index (χ0) is 8.72. The quantitative estimate of drug-likeness (QED) is 0.718.